The van der Waals surface area contributed by atoms with Gasteiger partial charge in [0.1, 0.15) is 0 Å². The van der Waals surface area contributed by atoms with Crippen molar-refractivity contribution in [2.24, 2.45) is 0 Å². The molecule has 2 amide bonds. The summed E-state index contributed by atoms with van der Waals surface area (Å²) in [6.45, 7) is 0.0910. The number of imide groups is 1. The Hall–Kier alpha value is -5.58. The third-order valence-electron chi connectivity index (χ3n) is 7.47. The quantitative estimate of drug-likeness (QED) is 0.143. The lowest BCUT2D eigenvalue weighted by atomic mass is 9.93. The number of aromatic nitrogens is 1. The number of benzene rings is 4. The minimum Gasteiger partial charge on any atom is -0.493 e. The van der Waals surface area contributed by atoms with E-state index in [1.165, 1.54) is 39.4 Å². The molecule has 0 atom stereocenters. The fourth-order valence-electron chi connectivity index (χ4n) is 5.54. The number of methoxy groups -OCH3 is 4. The van der Waals surface area contributed by atoms with Crippen LogP contribution in [0, 0.1) is 10.1 Å². The zero-order valence-electron chi connectivity index (χ0n) is 23.1. The molecule has 42 heavy (non-hydrogen) atoms. The van der Waals surface area contributed by atoms with E-state index in [0.717, 1.165) is 5.56 Å². The van der Waals surface area contributed by atoms with Gasteiger partial charge in [0.05, 0.1) is 62.1 Å². The molecule has 6 rings (SSSR count). The Morgan fingerprint density at radius 2 is 1.48 bits per heavy atom. The fraction of sp³-hybridized carbons (Fsp3) is 0.161. The van der Waals surface area contributed by atoms with Crippen molar-refractivity contribution in [1.82, 2.24) is 9.88 Å². The van der Waals surface area contributed by atoms with Crippen LogP contribution in [0.3, 0.4) is 0 Å². The number of fused-ring (bicyclic) bond motifs is 5. The molecule has 0 aliphatic carbocycles. The average molecular weight is 568 g/mol. The number of rotatable bonds is 8. The first kappa shape index (κ1) is 26.6. The van der Waals surface area contributed by atoms with E-state index >= 15 is 0 Å². The average Bonchev–Trinajstić information content (AvgIpc) is 3.49. The summed E-state index contributed by atoms with van der Waals surface area (Å²) in [5.41, 5.74) is 2.93. The van der Waals surface area contributed by atoms with Crippen LogP contribution in [0.15, 0.2) is 60.7 Å². The fourth-order valence-corrected chi connectivity index (χ4v) is 5.54. The molecular weight excluding hydrogens is 542 g/mol. The van der Waals surface area contributed by atoms with Gasteiger partial charge in [-0.3, -0.25) is 24.6 Å². The summed E-state index contributed by atoms with van der Waals surface area (Å²) in [6.07, 6.45) is 0. The summed E-state index contributed by atoms with van der Waals surface area (Å²) in [5.74, 6) is 0.309. The van der Waals surface area contributed by atoms with E-state index in [-0.39, 0.29) is 29.1 Å². The van der Waals surface area contributed by atoms with E-state index in [2.05, 4.69) is 4.98 Å². The van der Waals surface area contributed by atoms with Crippen molar-refractivity contribution in [2.75, 3.05) is 28.4 Å². The molecule has 5 aromatic rings. The standard InChI is InChI=1S/C31H25N3O8/c1-39-23-13-19-21(14-22(23)34(37)38)32-28-26(19)18(17-10-24(40-2)29(42-4)25(11-17)41-3)12-20-27(28)31(36)33(30(20)35)15-16-8-6-5-7-9-16/h5-14,32H,15H2,1-4H3. The molecule has 2 heterocycles. The molecule has 1 aliphatic rings. The molecule has 1 N–H and O–H groups in total. The highest BCUT2D eigenvalue weighted by Crippen LogP contribution is 2.47. The zero-order chi connectivity index (χ0) is 29.7. The molecule has 212 valence electrons. The predicted molar refractivity (Wildman–Crippen MR) is 155 cm³/mol. The van der Waals surface area contributed by atoms with Gasteiger partial charge in [0.2, 0.25) is 5.75 Å². The van der Waals surface area contributed by atoms with Crippen LogP contribution in [-0.2, 0) is 6.54 Å². The van der Waals surface area contributed by atoms with E-state index in [1.54, 1.807) is 24.3 Å². The number of nitrogens with zero attached hydrogens (tertiary/aromatic N) is 2. The first-order chi connectivity index (χ1) is 20.3. The summed E-state index contributed by atoms with van der Waals surface area (Å²) in [7, 11) is 5.85. The van der Waals surface area contributed by atoms with Gasteiger partial charge >= 0.3 is 5.69 Å². The van der Waals surface area contributed by atoms with Crippen LogP contribution < -0.4 is 18.9 Å². The molecule has 11 heteroatoms. The maximum Gasteiger partial charge on any atom is 0.313 e. The third kappa shape index (κ3) is 3.97. The van der Waals surface area contributed by atoms with Crippen LogP contribution >= 0.6 is 0 Å². The monoisotopic (exact) mass is 567 g/mol. The molecule has 0 bridgehead atoms. The van der Waals surface area contributed by atoms with Crippen LogP contribution in [0.1, 0.15) is 26.3 Å². The Labute approximate surface area is 239 Å². The Morgan fingerprint density at radius 1 is 0.810 bits per heavy atom. The molecule has 11 nitrogen and oxygen atoms in total. The maximum atomic E-state index is 13.8. The minimum atomic E-state index is -0.537. The molecule has 0 spiro atoms. The van der Waals surface area contributed by atoms with Gasteiger partial charge in [0, 0.05) is 16.8 Å². The Morgan fingerprint density at radius 3 is 2.07 bits per heavy atom. The number of ether oxygens (including phenoxy) is 4. The number of hydrogen-bond donors (Lipinski definition) is 1. The Balaban J connectivity index is 1.68. The number of H-pyrrole nitrogens is 1. The Kier molecular flexibility index (Phi) is 6.41. The molecular formula is C31H25N3O8. The number of amides is 2. The van der Waals surface area contributed by atoms with Crippen LogP contribution in [0.5, 0.6) is 23.0 Å². The Bertz CT molecular complexity index is 1910. The summed E-state index contributed by atoms with van der Waals surface area (Å²) >= 11 is 0. The molecule has 1 aliphatic heterocycles. The van der Waals surface area contributed by atoms with Crippen molar-refractivity contribution in [3.8, 4) is 34.1 Å². The van der Waals surface area contributed by atoms with Gasteiger partial charge in [-0.1, -0.05) is 30.3 Å². The van der Waals surface area contributed by atoms with Crippen LogP contribution in [0.25, 0.3) is 32.9 Å². The smallest absolute Gasteiger partial charge is 0.313 e. The van der Waals surface area contributed by atoms with Gasteiger partial charge in [-0.05, 0) is 41.0 Å². The number of carbonyl (C=O) groups excluding carboxylic acids is 2. The summed E-state index contributed by atoms with van der Waals surface area (Å²) in [5, 5.41) is 12.9. The summed E-state index contributed by atoms with van der Waals surface area (Å²) < 4.78 is 22.0. The second kappa shape index (κ2) is 10.1. The normalized spacial score (nSPS) is 12.6. The third-order valence-corrected chi connectivity index (χ3v) is 7.47. The van der Waals surface area contributed by atoms with Gasteiger partial charge in [-0.2, -0.15) is 0 Å². The van der Waals surface area contributed by atoms with Gasteiger partial charge in [-0.25, -0.2) is 0 Å². The highest BCUT2D eigenvalue weighted by atomic mass is 16.6. The lowest BCUT2D eigenvalue weighted by Gasteiger charge is -2.15. The number of hydrogen-bond acceptors (Lipinski definition) is 8. The number of aromatic amines is 1. The van der Waals surface area contributed by atoms with E-state index in [4.69, 9.17) is 18.9 Å². The number of nitrogens with one attached hydrogen (secondary N) is 1. The SMILES string of the molecule is COc1cc2c(cc1[N+](=O)[O-])[nH]c1c3c(cc(-c4cc(OC)c(OC)c(OC)c4)c12)C(=O)N(Cc1ccccc1)C3=O. The molecule has 0 fully saturated rings. The second-order valence-corrected chi connectivity index (χ2v) is 9.64. The van der Waals surface area contributed by atoms with Gasteiger partial charge < -0.3 is 23.9 Å². The van der Waals surface area contributed by atoms with E-state index in [9.17, 15) is 19.7 Å². The molecule has 0 saturated heterocycles. The second-order valence-electron chi connectivity index (χ2n) is 9.64. The number of carbonyl (C=O) groups is 2. The van der Waals surface area contributed by atoms with E-state index in [0.29, 0.717) is 50.2 Å². The first-order valence-corrected chi connectivity index (χ1v) is 12.9. The number of nitro groups is 1. The molecule has 1 aromatic heterocycles. The lowest BCUT2D eigenvalue weighted by molar-refractivity contribution is -0.385. The summed E-state index contributed by atoms with van der Waals surface area (Å²) in [4.78, 5) is 43.2. The predicted octanol–water partition coefficient (Wildman–Crippen LogP) is 5.73. The topological polar surface area (TPSA) is 133 Å². The molecule has 0 radical (unpaired) electrons. The number of nitro benzene ring substituents is 1. The molecule has 0 unspecified atom stereocenters. The van der Waals surface area contributed by atoms with Crippen LogP contribution in [0.2, 0.25) is 0 Å². The van der Waals surface area contributed by atoms with Crippen LogP contribution in [0.4, 0.5) is 5.69 Å². The lowest BCUT2D eigenvalue weighted by Crippen LogP contribution is -2.29. The van der Waals surface area contributed by atoms with Crippen molar-refractivity contribution in [1.29, 1.82) is 0 Å². The molecule has 0 saturated carbocycles. The van der Waals surface area contributed by atoms with Crippen molar-refractivity contribution in [3.63, 3.8) is 0 Å². The highest BCUT2D eigenvalue weighted by molar-refractivity contribution is 6.30. The van der Waals surface area contributed by atoms with Crippen molar-refractivity contribution in [3.05, 3.63) is 87.5 Å². The van der Waals surface area contributed by atoms with Gasteiger partial charge in [-0.15, -0.1) is 0 Å². The van der Waals surface area contributed by atoms with E-state index < -0.39 is 16.7 Å². The van der Waals surface area contributed by atoms with Gasteiger partial charge in [0.15, 0.2) is 17.2 Å². The molecule has 4 aromatic carbocycles. The highest BCUT2D eigenvalue weighted by Gasteiger charge is 2.39. The largest absolute Gasteiger partial charge is 0.493 e. The van der Waals surface area contributed by atoms with Crippen LogP contribution in [-0.4, -0.2) is 55.1 Å². The zero-order valence-corrected chi connectivity index (χ0v) is 23.1. The van der Waals surface area contributed by atoms with Gasteiger partial charge in [0.25, 0.3) is 11.8 Å². The maximum absolute atomic E-state index is 13.8. The van der Waals surface area contributed by atoms with Crippen molar-refractivity contribution < 1.29 is 33.5 Å². The minimum absolute atomic E-state index is 0.0536. The van der Waals surface area contributed by atoms with Crippen molar-refractivity contribution in [2.45, 2.75) is 6.54 Å². The van der Waals surface area contributed by atoms with Crippen molar-refractivity contribution >= 4 is 39.3 Å². The first-order valence-electron chi connectivity index (χ1n) is 12.9. The van der Waals surface area contributed by atoms with E-state index in [1.807, 2.05) is 30.3 Å². The summed E-state index contributed by atoms with van der Waals surface area (Å²) in [6, 6.07) is 17.3.